The van der Waals surface area contributed by atoms with Gasteiger partial charge in [0.15, 0.2) is 0 Å². The maximum atomic E-state index is 9.64. The number of ether oxygens (including phenoxy) is 1. The molecule has 1 aliphatic rings. The van der Waals surface area contributed by atoms with E-state index in [9.17, 15) is 5.11 Å². The quantitative estimate of drug-likeness (QED) is 0.608. The standard InChI is InChI=1S/C18H30N2O2S/c1-22-18-9-5-4-8-16(18)17(14-21)19-10-6-2-3-7-11-20-12-13-23-15-20/h4-5,8-9,17,19,21H,2-3,6-7,10-15H2,1H3. The van der Waals surface area contributed by atoms with Gasteiger partial charge >= 0.3 is 0 Å². The molecular formula is C18H30N2O2S. The highest BCUT2D eigenvalue weighted by atomic mass is 32.2. The monoisotopic (exact) mass is 338 g/mol. The molecule has 0 amide bonds. The Morgan fingerprint density at radius 3 is 2.83 bits per heavy atom. The fourth-order valence-corrected chi connectivity index (χ4v) is 3.98. The molecule has 0 aliphatic carbocycles. The number of hydrogen-bond acceptors (Lipinski definition) is 5. The Morgan fingerprint density at radius 1 is 1.26 bits per heavy atom. The van der Waals surface area contributed by atoms with Crippen LogP contribution in [0, 0.1) is 0 Å². The number of nitrogens with one attached hydrogen (secondary N) is 1. The number of methoxy groups -OCH3 is 1. The molecule has 1 aromatic carbocycles. The van der Waals surface area contributed by atoms with Crippen LogP contribution in [0.25, 0.3) is 0 Å². The first-order valence-electron chi connectivity index (χ1n) is 8.62. The first-order chi connectivity index (χ1) is 11.3. The largest absolute Gasteiger partial charge is 0.496 e. The first kappa shape index (κ1) is 18.6. The molecular weight excluding hydrogens is 308 g/mol. The Bertz CT molecular complexity index is 439. The first-order valence-corrected chi connectivity index (χ1v) is 9.78. The molecule has 0 saturated carbocycles. The zero-order chi connectivity index (χ0) is 16.3. The lowest BCUT2D eigenvalue weighted by atomic mass is 10.1. The number of aliphatic hydroxyl groups excluding tert-OH is 1. The van der Waals surface area contributed by atoms with Crippen molar-refractivity contribution < 1.29 is 9.84 Å². The molecule has 0 bridgehead atoms. The van der Waals surface area contributed by atoms with Gasteiger partial charge in [0.05, 0.1) is 19.8 Å². The van der Waals surface area contributed by atoms with E-state index >= 15 is 0 Å². The molecule has 2 N–H and O–H groups in total. The molecule has 130 valence electrons. The molecule has 5 heteroatoms. The zero-order valence-corrected chi connectivity index (χ0v) is 15.0. The highest BCUT2D eigenvalue weighted by Gasteiger charge is 2.14. The Kier molecular flexibility index (Phi) is 8.82. The van der Waals surface area contributed by atoms with E-state index < -0.39 is 0 Å². The van der Waals surface area contributed by atoms with Gasteiger partial charge in [0, 0.05) is 23.7 Å². The highest BCUT2D eigenvalue weighted by molar-refractivity contribution is 7.99. The van der Waals surface area contributed by atoms with Crippen molar-refractivity contribution in [2.75, 3.05) is 45.0 Å². The third kappa shape index (κ3) is 6.34. The van der Waals surface area contributed by atoms with Crippen molar-refractivity contribution >= 4 is 11.8 Å². The minimum Gasteiger partial charge on any atom is -0.496 e. The van der Waals surface area contributed by atoms with Crippen LogP contribution in [-0.2, 0) is 0 Å². The number of nitrogens with zero attached hydrogens (tertiary/aromatic N) is 1. The summed E-state index contributed by atoms with van der Waals surface area (Å²) < 4.78 is 5.38. The summed E-state index contributed by atoms with van der Waals surface area (Å²) in [7, 11) is 1.67. The summed E-state index contributed by atoms with van der Waals surface area (Å²) in [6.07, 6.45) is 5.00. The van der Waals surface area contributed by atoms with Crippen LogP contribution in [0.4, 0.5) is 0 Å². The molecule has 1 unspecified atom stereocenters. The molecule has 1 atom stereocenters. The third-order valence-electron chi connectivity index (χ3n) is 4.31. The van der Waals surface area contributed by atoms with Gasteiger partial charge in [-0.1, -0.05) is 31.0 Å². The van der Waals surface area contributed by atoms with Gasteiger partial charge in [-0.2, -0.15) is 0 Å². The van der Waals surface area contributed by atoms with E-state index in [1.807, 2.05) is 36.0 Å². The van der Waals surface area contributed by atoms with E-state index in [1.165, 1.54) is 44.0 Å². The molecule has 2 rings (SSSR count). The average Bonchev–Trinajstić information content (AvgIpc) is 3.11. The van der Waals surface area contributed by atoms with Crippen LogP contribution in [0.1, 0.15) is 37.3 Å². The highest BCUT2D eigenvalue weighted by Crippen LogP contribution is 2.24. The summed E-state index contributed by atoms with van der Waals surface area (Å²) in [6.45, 7) is 3.54. The van der Waals surface area contributed by atoms with Crippen LogP contribution >= 0.6 is 11.8 Å². The number of thioether (sulfide) groups is 1. The molecule has 1 heterocycles. The molecule has 4 nitrogen and oxygen atoms in total. The number of benzene rings is 1. The lowest BCUT2D eigenvalue weighted by Crippen LogP contribution is -2.26. The van der Waals surface area contributed by atoms with Gasteiger partial charge in [0.1, 0.15) is 5.75 Å². The molecule has 1 aliphatic heterocycles. The predicted molar refractivity (Wildman–Crippen MR) is 98.2 cm³/mol. The molecule has 23 heavy (non-hydrogen) atoms. The van der Waals surface area contributed by atoms with E-state index in [1.54, 1.807) is 7.11 Å². The van der Waals surface area contributed by atoms with Crippen molar-refractivity contribution in [2.45, 2.75) is 31.7 Å². The summed E-state index contributed by atoms with van der Waals surface area (Å²) in [6, 6.07) is 7.85. The maximum Gasteiger partial charge on any atom is 0.123 e. The topological polar surface area (TPSA) is 44.7 Å². The van der Waals surface area contributed by atoms with Gasteiger partial charge in [0.25, 0.3) is 0 Å². The molecule has 1 fully saturated rings. The van der Waals surface area contributed by atoms with Crippen LogP contribution in [0.3, 0.4) is 0 Å². The summed E-state index contributed by atoms with van der Waals surface area (Å²) in [5.41, 5.74) is 1.03. The Labute approximate surface area is 144 Å². The minimum atomic E-state index is -0.0484. The van der Waals surface area contributed by atoms with Gasteiger partial charge in [-0.15, -0.1) is 11.8 Å². The summed E-state index contributed by atoms with van der Waals surface area (Å²) in [5, 5.41) is 13.1. The van der Waals surface area contributed by atoms with Crippen molar-refractivity contribution in [1.29, 1.82) is 0 Å². The maximum absolute atomic E-state index is 9.64. The van der Waals surface area contributed by atoms with E-state index in [0.717, 1.165) is 24.3 Å². The Morgan fingerprint density at radius 2 is 2.09 bits per heavy atom. The van der Waals surface area contributed by atoms with Crippen molar-refractivity contribution in [2.24, 2.45) is 0 Å². The summed E-state index contributed by atoms with van der Waals surface area (Å²) >= 11 is 2.04. The normalized spacial score (nSPS) is 16.6. The van der Waals surface area contributed by atoms with Crippen LogP contribution in [0.15, 0.2) is 24.3 Å². The third-order valence-corrected chi connectivity index (χ3v) is 5.33. The molecule has 0 spiro atoms. The fourth-order valence-electron chi connectivity index (χ4n) is 2.95. The van der Waals surface area contributed by atoms with Crippen molar-refractivity contribution in [3.05, 3.63) is 29.8 Å². The van der Waals surface area contributed by atoms with Crippen molar-refractivity contribution in [3.8, 4) is 5.75 Å². The van der Waals surface area contributed by atoms with E-state index in [0.29, 0.717) is 0 Å². The van der Waals surface area contributed by atoms with E-state index in [2.05, 4.69) is 10.2 Å². The smallest absolute Gasteiger partial charge is 0.123 e. The molecule has 1 aromatic rings. The van der Waals surface area contributed by atoms with Crippen LogP contribution in [0.5, 0.6) is 5.75 Å². The molecule has 0 aromatic heterocycles. The van der Waals surface area contributed by atoms with E-state index in [-0.39, 0.29) is 12.6 Å². The minimum absolute atomic E-state index is 0.0484. The molecule has 0 radical (unpaired) electrons. The number of unbranched alkanes of at least 4 members (excludes halogenated alkanes) is 3. The van der Waals surface area contributed by atoms with Gasteiger partial charge in [-0.05, 0) is 32.0 Å². The van der Waals surface area contributed by atoms with Gasteiger partial charge in [-0.3, -0.25) is 4.90 Å². The Hall–Kier alpha value is -0.750. The van der Waals surface area contributed by atoms with Crippen LogP contribution in [0.2, 0.25) is 0 Å². The number of aliphatic hydroxyl groups is 1. The van der Waals surface area contributed by atoms with Crippen LogP contribution < -0.4 is 10.1 Å². The lowest BCUT2D eigenvalue weighted by Gasteiger charge is -2.19. The van der Waals surface area contributed by atoms with Gasteiger partial charge in [0.2, 0.25) is 0 Å². The number of rotatable bonds is 11. The summed E-state index contributed by atoms with van der Waals surface area (Å²) in [5.74, 6) is 3.36. The number of para-hydroxylation sites is 1. The van der Waals surface area contributed by atoms with Crippen molar-refractivity contribution in [3.63, 3.8) is 0 Å². The molecule has 1 saturated heterocycles. The average molecular weight is 339 g/mol. The Balaban J connectivity index is 1.60. The summed E-state index contributed by atoms with van der Waals surface area (Å²) in [4.78, 5) is 2.55. The zero-order valence-electron chi connectivity index (χ0n) is 14.2. The second kappa shape index (κ2) is 10.9. The van der Waals surface area contributed by atoms with Crippen LogP contribution in [-0.4, -0.2) is 55.0 Å². The number of hydrogen-bond donors (Lipinski definition) is 2. The van der Waals surface area contributed by atoms with Gasteiger partial charge in [-0.25, -0.2) is 0 Å². The van der Waals surface area contributed by atoms with Gasteiger partial charge < -0.3 is 15.2 Å². The predicted octanol–water partition coefficient (Wildman–Crippen LogP) is 2.88. The second-order valence-corrected chi connectivity index (χ2v) is 7.08. The SMILES string of the molecule is COc1ccccc1C(CO)NCCCCCCN1CCSC1. The van der Waals surface area contributed by atoms with E-state index in [4.69, 9.17) is 4.74 Å². The second-order valence-electron chi connectivity index (χ2n) is 6.00. The lowest BCUT2D eigenvalue weighted by molar-refractivity contribution is 0.240. The van der Waals surface area contributed by atoms with Crippen molar-refractivity contribution in [1.82, 2.24) is 10.2 Å². The fraction of sp³-hybridized carbons (Fsp3) is 0.667.